The van der Waals surface area contributed by atoms with E-state index in [0.29, 0.717) is 25.3 Å². The van der Waals surface area contributed by atoms with Crippen LogP contribution in [0, 0.1) is 5.41 Å². The van der Waals surface area contributed by atoms with Gasteiger partial charge in [-0.2, -0.15) is 0 Å². The average Bonchev–Trinajstić information content (AvgIpc) is 2.88. The van der Waals surface area contributed by atoms with Gasteiger partial charge in [-0.25, -0.2) is 9.78 Å². The fraction of sp³-hybridized carbons (Fsp3) is 0.367. The van der Waals surface area contributed by atoms with Gasteiger partial charge >= 0.3 is 6.03 Å². The standard InChI is InChI=1S/C30H39N5O/c1-6-35(29(36)33-21-23-15-19-25(20-16-23)30(2,3)4)27(31)11-7-9-22-13-17-24(18-14-22)26-10-8-12-28(32-5)34-26/h8,10,12-20,31H,6-7,9,11,21H2,1-5H3,(H,32,34)(H,33,36). The number of benzene rings is 2. The number of pyridine rings is 1. The van der Waals surface area contributed by atoms with Crippen LogP contribution in [-0.4, -0.2) is 35.3 Å². The summed E-state index contributed by atoms with van der Waals surface area (Å²) in [7, 11) is 1.86. The summed E-state index contributed by atoms with van der Waals surface area (Å²) in [4.78, 5) is 18.8. The molecule has 190 valence electrons. The summed E-state index contributed by atoms with van der Waals surface area (Å²) < 4.78 is 0. The molecule has 0 unspecified atom stereocenters. The summed E-state index contributed by atoms with van der Waals surface area (Å²) in [5, 5.41) is 14.5. The van der Waals surface area contributed by atoms with Crippen LogP contribution in [0.4, 0.5) is 10.6 Å². The van der Waals surface area contributed by atoms with Gasteiger partial charge in [0.05, 0.1) is 5.69 Å². The number of carbonyl (C=O) groups is 1. The summed E-state index contributed by atoms with van der Waals surface area (Å²) in [6.07, 6.45) is 2.21. The lowest BCUT2D eigenvalue weighted by atomic mass is 9.87. The predicted octanol–water partition coefficient (Wildman–Crippen LogP) is 6.62. The molecular formula is C30H39N5O. The molecule has 0 bridgehead atoms. The highest BCUT2D eigenvalue weighted by Gasteiger charge is 2.17. The van der Waals surface area contributed by atoms with Crippen molar-refractivity contribution in [3.8, 4) is 11.3 Å². The van der Waals surface area contributed by atoms with Gasteiger partial charge in [0.25, 0.3) is 0 Å². The number of carbonyl (C=O) groups excluding carboxylic acids is 1. The van der Waals surface area contributed by atoms with Crippen LogP contribution in [0.25, 0.3) is 11.3 Å². The van der Waals surface area contributed by atoms with Crippen molar-refractivity contribution in [3.63, 3.8) is 0 Å². The lowest BCUT2D eigenvalue weighted by Gasteiger charge is -2.22. The van der Waals surface area contributed by atoms with Crippen LogP contribution in [0.15, 0.2) is 66.7 Å². The molecule has 0 aliphatic carbocycles. The first-order valence-corrected chi connectivity index (χ1v) is 12.7. The monoisotopic (exact) mass is 485 g/mol. The summed E-state index contributed by atoms with van der Waals surface area (Å²) in [6, 6.07) is 22.5. The second-order valence-corrected chi connectivity index (χ2v) is 10.0. The van der Waals surface area contributed by atoms with E-state index in [1.807, 2.05) is 32.2 Å². The number of amides is 2. The topological polar surface area (TPSA) is 81.1 Å². The Morgan fingerprint density at radius 2 is 1.64 bits per heavy atom. The van der Waals surface area contributed by atoms with E-state index in [9.17, 15) is 4.79 Å². The third-order valence-corrected chi connectivity index (χ3v) is 6.28. The number of aryl methyl sites for hydroxylation is 1. The summed E-state index contributed by atoms with van der Waals surface area (Å²) in [5.41, 5.74) is 5.64. The maximum atomic E-state index is 12.7. The Labute approximate surface area is 215 Å². The fourth-order valence-electron chi connectivity index (χ4n) is 4.02. The van der Waals surface area contributed by atoms with Gasteiger partial charge in [0.15, 0.2) is 0 Å². The quantitative estimate of drug-likeness (QED) is 0.235. The van der Waals surface area contributed by atoms with Crippen LogP contribution in [0.1, 0.15) is 57.2 Å². The van der Waals surface area contributed by atoms with Gasteiger partial charge in [-0.3, -0.25) is 10.3 Å². The van der Waals surface area contributed by atoms with E-state index in [1.165, 1.54) is 16.0 Å². The number of amidine groups is 1. The highest BCUT2D eigenvalue weighted by Crippen LogP contribution is 2.22. The van der Waals surface area contributed by atoms with Crippen molar-refractivity contribution < 1.29 is 4.79 Å². The highest BCUT2D eigenvalue weighted by atomic mass is 16.2. The van der Waals surface area contributed by atoms with Crippen LogP contribution in [0.5, 0.6) is 0 Å². The van der Waals surface area contributed by atoms with E-state index in [-0.39, 0.29) is 11.4 Å². The molecule has 2 aromatic carbocycles. The molecule has 0 fully saturated rings. The third kappa shape index (κ3) is 7.41. The van der Waals surface area contributed by atoms with E-state index in [0.717, 1.165) is 35.5 Å². The number of nitrogens with zero attached hydrogens (tertiary/aromatic N) is 2. The number of hydrogen-bond acceptors (Lipinski definition) is 4. The van der Waals surface area contributed by atoms with Crippen molar-refractivity contribution in [3.05, 3.63) is 83.4 Å². The second-order valence-electron chi connectivity index (χ2n) is 10.0. The normalized spacial score (nSPS) is 11.1. The van der Waals surface area contributed by atoms with Crippen LogP contribution < -0.4 is 10.6 Å². The van der Waals surface area contributed by atoms with E-state index >= 15 is 0 Å². The molecule has 0 saturated carbocycles. The van der Waals surface area contributed by atoms with Crippen molar-refractivity contribution in [2.45, 2.75) is 58.9 Å². The lowest BCUT2D eigenvalue weighted by molar-refractivity contribution is 0.221. The first-order chi connectivity index (χ1) is 17.2. The zero-order chi connectivity index (χ0) is 26.1. The lowest BCUT2D eigenvalue weighted by Crippen LogP contribution is -2.43. The molecule has 6 heteroatoms. The summed E-state index contributed by atoms with van der Waals surface area (Å²) in [6.45, 7) is 9.39. The SMILES string of the molecule is CCN(C(=N)CCCc1ccc(-c2cccc(NC)n2)cc1)C(=O)NCc1ccc(C(C)(C)C)cc1. The van der Waals surface area contributed by atoms with Gasteiger partial charge in [-0.15, -0.1) is 0 Å². The Bertz CT molecular complexity index is 1150. The predicted molar refractivity (Wildman–Crippen MR) is 150 cm³/mol. The first kappa shape index (κ1) is 26.9. The zero-order valence-corrected chi connectivity index (χ0v) is 22.2. The van der Waals surface area contributed by atoms with Crippen molar-refractivity contribution in [2.75, 3.05) is 18.9 Å². The molecule has 0 aliphatic rings. The molecule has 36 heavy (non-hydrogen) atoms. The number of anilines is 1. The smallest absolute Gasteiger partial charge is 0.323 e. The Morgan fingerprint density at radius 1 is 0.972 bits per heavy atom. The molecule has 0 radical (unpaired) electrons. The molecule has 6 nitrogen and oxygen atoms in total. The summed E-state index contributed by atoms with van der Waals surface area (Å²) in [5.74, 6) is 1.20. The molecular weight excluding hydrogens is 446 g/mol. The number of nitrogens with one attached hydrogen (secondary N) is 3. The second kappa shape index (κ2) is 12.3. The van der Waals surface area contributed by atoms with Gasteiger partial charge < -0.3 is 10.6 Å². The van der Waals surface area contributed by atoms with Crippen LogP contribution in [-0.2, 0) is 18.4 Å². The van der Waals surface area contributed by atoms with Crippen molar-refractivity contribution in [2.24, 2.45) is 0 Å². The molecule has 0 spiro atoms. The minimum absolute atomic E-state index is 0.105. The average molecular weight is 486 g/mol. The van der Waals surface area contributed by atoms with Crippen molar-refractivity contribution in [1.29, 1.82) is 5.41 Å². The van der Waals surface area contributed by atoms with Gasteiger partial charge in [-0.05, 0) is 54.0 Å². The highest BCUT2D eigenvalue weighted by molar-refractivity contribution is 5.95. The molecule has 3 rings (SSSR count). The maximum Gasteiger partial charge on any atom is 0.323 e. The van der Waals surface area contributed by atoms with Crippen LogP contribution in [0.2, 0.25) is 0 Å². The van der Waals surface area contributed by atoms with E-state index in [1.54, 1.807) is 0 Å². The molecule has 0 saturated heterocycles. The Kier molecular flexibility index (Phi) is 9.23. The molecule has 3 N–H and O–H groups in total. The minimum Gasteiger partial charge on any atom is -0.373 e. The molecule has 1 aromatic heterocycles. The number of urea groups is 1. The first-order valence-electron chi connectivity index (χ1n) is 12.7. The number of rotatable bonds is 9. The Hall–Kier alpha value is -3.67. The zero-order valence-electron chi connectivity index (χ0n) is 22.2. The minimum atomic E-state index is -0.219. The number of aromatic nitrogens is 1. The Balaban J connectivity index is 1.47. The van der Waals surface area contributed by atoms with Crippen LogP contribution in [0.3, 0.4) is 0 Å². The summed E-state index contributed by atoms with van der Waals surface area (Å²) >= 11 is 0. The molecule has 0 aliphatic heterocycles. The van der Waals surface area contributed by atoms with Gasteiger partial charge in [0.2, 0.25) is 0 Å². The van der Waals surface area contributed by atoms with E-state index in [2.05, 4.69) is 84.9 Å². The third-order valence-electron chi connectivity index (χ3n) is 6.28. The molecule has 2 amide bonds. The van der Waals surface area contributed by atoms with E-state index < -0.39 is 0 Å². The van der Waals surface area contributed by atoms with Gasteiger partial charge in [0, 0.05) is 32.1 Å². The van der Waals surface area contributed by atoms with Crippen LogP contribution >= 0.6 is 0 Å². The Morgan fingerprint density at radius 3 is 2.25 bits per heavy atom. The maximum absolute atomic E-state index is 12.7. The molecule has 3 aromatic rings. The largest absolute Gasteiger partial charge is 0.373 e. The molecule has 1 heterocycles. The van der Waals surface area contributed by atoms with Crippen molar-refractivity contribution in [1.82, 2.24) is 15.2 Å². The van der Waals surface area contributed by atoms with Gasteiger partial charge in [-0.1, -0.05) is 75.4 Å². The molecule has 0 atom stereocenters. The van der Waals surface area contributed by atoms with E-state index in [4.69, 9.17) is 5.41 Å². The fourth-order valence-corrected chi connectivity index (χ4v) is 4.02. The van der Waals surface area contributed by atoms with Crippen molar-refractivity contribution >= 4 is 17.7 Å². The number of hydrogen-bond donors (Lipinski definition) is 3. The van der Waals surface area contributed by atoms with Gasteiger partial charge in [0.1, 0.15) is 11.7 Å².